The molecule has 8 nitrogen and oxygen atoms in total. The van der Waals surface area contributed by atoms with Crippen LogP contribution in [0.2, 0.25) is 5.02 Å². The van der Waals surface area contributed by atoms with Crippen molar-refractivity contribution in [3.8, 4) is 0 Å². The summed E-state index contributed by atoms with van der Waals surface area (Å²) in [5.74, 6) is -0.778. The third-order valence-electron chi connectivity index (χ3n) is 5.81. The molecule has 0 saturated carbocycles. The van der Waals surface area contributed by atoms with Gasteiger partial charge in [0.2, 0.25) is 5.91 Å². The monoisotopic (exact) mass is 448 g/mol. The number of amides is 1. The Labute approximate surface area is 186 Å². The molecule has 0 bridgehead atoms. The van der Waals surface area contributed by atoms with Crippen LogP contribution in [-0.4, -0.2) is 45.2 Å². The molecule has 9 heteroatoms. The maximum absolute atomic E-state index is 12.8. The number of ether oxygens (including phenoxy) is 1. The van der Waals surface area contributed by atoms with E-state index in [1.807, 2.05) is 19.1 Å². The molecular formula is C22H29ClN4O4. The van der Waals surface area contributed by atoms with Gasteiger partial charge in [-0.25, -0.2) is 9.48 Å². The van der Waals surface area contributed by atoms with Crippen molar-refractivity contribution in [2.45, 2.75) is 58.0 Å². The van der Waals surface area contributed by atoms with Gasteiger partial charge in [-0.05, 0) is 63.1 Å². The lowest BCUT2D eigenvalue weighted by Gasteiger charge is -2.26. The summed E-state index contributed by atoms with van der Waals surface area (Å²) >= 11 is 6.19. The summed E-state index contributed by atoms with van der Waals surface area (Å²) in [5.41, 5.74) is 1.10. The molecule has 0 aliphatic carbocycles. The van der Waals surface area contributed by atoms with E-state index < -0.39 is 11.5 Å². The lowest BCUT2D eigenvalue weighted by Crippen LogP contribution is -2.36. The number of nitrogens with zero attached hydrogens (tertiary/aromatic N) is 3. The third-order valence-corrected chi connectivity index (χ3v) is 6.22. The van der Waals surface area contributed by atoms with Crippen LogP contribution in [0.5, 0.6) is 0 Å². The number of nitrogens with one attached hydrogen (secondary N) is 1. The summed E-state index contributed by atoms with van der Waals surface area (Å²) in [6.45, 7) is 6.43. The molecule has 1 aliphatic heterocycles. The number of carboxylic acids is 1. The first-order valence-corrected chi connectivity index (χ1v) is 10.8. The molecule has 1 amide bonds. The molecule has 31 heavy (non-hydrogen) atoms. The molecule has 2 aromatic rings. The van der Waals surface area contributed by atoms with Crippen LogP contribution in [0.3, 0.4) is 0 Å². The topological polar surface area (TPSA) is 106 Å². The van der Waals surface area contributed by atoms with Crippen LogP contribution in [0.15, 0.2) is 24.4 Å². The third kappa shape index (κ3) is 5.83. The van der Waals surface area contributed by atoms with Crippen LogP contribution in [0.25, 0.3) is 0 Å². The quantitative estimate of drug-likeness (QED) is 0.641. The minimum atomic E-state index is -1.24. The lowest BCUT2D eigenvalue weighted by molar-refractivity contribution is -0.146. The van der Waals surface area contributed by atoms with Gasteiger partial charge in [-0.1, -0.05) is 28.9 Å². The van der Waals surface area contributed by atoms with E-state index in [0.717, 1.165) is 24.0 Å². The summed E-state index contributed by atoms with van der Waals surface area (Å²) in [5, 5.41) is 21.4. The van der Waals surface area contributed by atoms with Crippen molar-refractivity contribution >= 4 is 23.5 Å². The number of benzene rings is 1. The number of hydrogen-bond acceptors (Lipinski definition) is 5. The van der Waals surface area contributed by atoms with E-state index in [0.29, 0.717) is 36.3 Å². The van der Waals surface area contributed by atoms with Gasteiger partial charge >= 0.3 is 5.97 Å². The fourth-order valence-electron chi connectivity index (χ4n) is 3.55. The molecule has 1 aliphatic rings. The van der Waals surface area contributed by atoms with Gasteiger partial charge in [0.15, 0.2) is 5.54 Å². The smallest absolute Gasteiger partial charge is 0.331 e. The van der Waals surface area contributed by atoms with Gasteiger partial charge in [0.25, 0.3) is 0 Å². The molecule has 1 unspecified atom stereocenters. The van der Waals surface area contributed by atoms with Crippen LogP contribution < -0.4 is 5.32 Å². The highest BCUT2D eigenvalue weighted by molar-refractivity contribution is 6.31. The zero-order valence-corrected chi connectivity index (χ0v) is 18.9. The SMILES string of the molecule is Cc1ccc(CC(=O)NC(CC2CCOCC2)c2cn(C(C)(C)C(=O)O)nn2)cc1Cl. The number of hydrogen-bond donors (Lipinski definition) is 2. The van der Waals surface area contributed by atoms with E-state index in [2.05, 4.69) is 15.6 Å². The lowest BCUT2D eigenvalue weighted by atomic mass is 9.91. The number of aromatic nitrogens is 3. The molecule has 1 fully saturated rings. The Hall–Kier alpha value is -2.45. The molecule has 1 atom stereocenters. The minimum absolute atomic E-state index is 0.149. The molecular weight excluding hydrogens is 420 g/mol. The number of aryl methyl sites for hydroxylation is 1. The molecule has 1 saturated heterocycles. The summed E-state index contributed by atoms with van der Waals surface area (Å²) in [4.78, 5) is 24.4. The number of carboxylic acid groups (broad SMARTS) is 1. The molecule has 2 N–H and O–H groups in total. The van der Waals surface area contributed by atoms with Gasteiger partial charge in [-0.15, -0.1) is 5.10 Å². The second-order valence-electron chi connectivity index (χ2n) is 8.62. The van der Waals surface area contributed by atoms with Crippen LogP contribution >= 0.6 is 11.6 Å². The van der Waals surface area contributed by atoms with Crippen molar-refractivity contribution in [3.05, 3.63) is 46.2 Å². The predicted octanol–water partition coefficient (Wildman–Crippen LogP) is 3.28. The van der Waals surface area contributed by atoms with Gasteiger partial charge in [0, 0.05) is 18.2 Å². The second-order valence-corrected chi connectivity index (χ2v) is 9.03. The number of halogens is 1. The van der Waals surface area contributed by atoms with Gasteiger partial charge in [0.1, 0.15) is 5.69 Å². The number of rotatable bonds is 8. The van der Waals surface area contributed by atoms with Crippen molar-refractivity contribution in [3.63, 3.8) is 0 Å². The Kier molecular flexibility index (Phi) is 7.33. The molecule has 1 aromatic carbocycles. The van der Waals surface area contributed by atoms with E-state index in [9.17, 15) is 14.7 Å². The van der Waals surface area contributed by atoms with Gasteiger partial charge in [-0.3, -0.25) is 4.79 Å². The van der Waals surface area contributed by atoms with E-state index >= 15 is 0 Å². The highest BCUT2D eigenvalue weighted by Gasteiger charge is 2.32. The predicted molar refractivity (Wildman–Crippen MR) is 116 cm³/mol. The van der Waals surface area contributed by atoms with Gasteiger partial charge < -0.3 is 15.2 Å². The fourth-order valence-corrected chi connectivity index (χ4v) is 3.76. The van der Waals surface area contributed by atoms with E-state index in [-0.39, 0.29) is 18.4 Å². The van der Waals surface area contributed by atoms with Crippen LogP contribution in [-0.2, 0) is 26.3 Å². The second kappa shape index (κ2) is 9.78. The first kappa shape index (κ1) is 23.2. The minimum Gasteiger partial charge on any atom is -0.479 e. The van der Waals surface area contributed by atoms with Gasteiger partial charge in [0.05, 0.1) is 18.7 Å². The van der Waals surface area contributed by atoms with Crippen LogP contribution in [0.4, 0.5) is 0 Å². The average Bonchev–Trinajstić information content (AvgIpc) is 3.22. The van der Waals surface area contributed by atoms with E-state index in [4.69, 9.17) is 16.3 Å². The maximum Gasteiger partial charge on any atom is 0.331 e. The Bertz CT molecular complexity index is 937. The molecule has 1 aromatic heterocycles. The summed E-state index contributed by atoms with van der Waals surface area (Å²) in [7, 11) is 0. The first-order chi connectivity index (χ1) is 14.7. The molecule has 0 spiro atoms. The summed E-state index contributed by atoms with van der Waals surface area (Å²) in [6.07, 6.45) is 4.32. The van der Waals surface area contributed by atoms with Crippen LogP contribution in [0, 0.1) is 12.8 Å². The normalized spacial score (nSPS) is 16.1. The van der Waals surface area contributed by atoms with Crippen molar-refractivity contribution in [2.75, 3.05) is 13.2 Å². The maximum atomic E-state index is 12.8. The Balaban J connectivity index is 1.77. The molecule has 2 heterocycles. The molecule has 3 rings (SSSR count). The van der Waals surface area contributed by atoms with Crippen molar-refractivity contribution in [2.24, 2.45) is 5.92 Å². The van der Waals surface area contributed by atoms with E-state index in [1.54, 1.807) is 26.1 Å². The van der Waals surface area contributed by atoms with Crippen molar-refractivity contribution < 1.29 is 19.4 Å². The fraction of sp³-hybridized carbons (Fsp3) is 0.545. The molecule has 168 valence electrons. The summed E-state index contributed by atoms with van der Waals surface area (Å²) in [6, 6.07) is 5.22. The highest BCUT2D eigenvalue weighted by atomic mass is 35.5. The highest BCUT2D eigenvalue weighted by Crippen LogP contribution is 2.28. The Morgan fingerprint density at radius 2 is 2.06 bits per heavy atom. The molecule has 0 radical (unpaired) electrons. The van der Waals surface area contributed by atoms with Gasteiger partial charge in [-0.2, -0.15) is 0 Å². The largest absolute Gasteiger partial charge is 0.479 e. The Morgan fingerprint density at radius 3 is 2.71 bits per heavy atom. The van der Waals surface area contributed by atoms with E-state index in [1.165, 1.54) is 4.68 Å². The average molecular weight is 449 g/mol. The number of aliphatic carboxylic acids is 1. The van der Waals surface area contributed by atoms with Crippen molar-refractivity contribution in [1.82, 2.24) is 20.3 Å². The Morgan fingerprint density at radius 1 is 1.35 bits per heavy atom. The van der Waals surface area contributed by atoms with Crippen molar-refractivity contribution in [1.29, 1.82) is 0 Å². The zero-order chi connectivity index (χ0) is 22.6. The zero-order valence-electron chi connectivity index (χ0n) is 18.1. The number of carbonyl (C=O) groups excluding carboxylic acids is 1. The van der Waals surface area contributed by atoms with Crippen LogP contribution in [0.1, 0.15) is 56.0 Å². The standard InChI is InChI=1S/C22H29ClN4O4/c1-14-4-5-16(10-17(14)23)12-20(28)24-18(11-15-6-8-31-9-7-15)19-13-27(26-25-19)22(2,3)21(29)30/h4-5,10,13,15,18H,6-9,11-12H2,1-3H3,(H,24,28)(H,29,30). The first-order valence-electron chi connectivity index (χ1n) is 10.4. The number of carbonyl (C=O) groups is 2. The summed E-state index contributed by atoms with van der Waals surface area (Å²) < 4.78 is 6.77.